The first-order valence-corrected chi connectivity index (χ1v) is 8.34. The van der Waals surface area contributed by atoms with Gasteiger partial charge in [0.15, 0.2) is 0 Å². The van der Waals surface area contributed by atoms with Crippen molar-refractivity contribution in [3.8, 4) is 11.3 Å². The number of benzene rings is 1. The molecule has 0 radical (unpaired) electrons. The number of likely N-dealkylation sites (N-methyl/N-ethyl adjacent to an activating group) is 1. The summed E-state index contributed by atoms with van der Waals surface area (Å²) in [6.45, 7) is 3.45. The first kappa shape index (κ1) is 18.1. The highest BCUT2D eigenvalue weighted by Gasteiger charge is 2.19. The first-order valence-electron chi connectivity index (χ1n) is 7.55. The predicted octanol–water partition coefficient (Wildman–Crippen LogP) is 3.03. The molecule has 1 aromatic carbocycles. The Balaban J connectivity index is 2.20. The minimum atomic E-state index is -0.586. The van der Waals surface area contributed by atoms with E-state index in [2.05, 4.69) is 26.2 Å². The van der Waals surface area contributed by atoms with Gasteiger partial charge in [-0.05, 0) is 38.1 Å². The molecule has 0 aliphatic carbocycles. The maximum absolute atomic E-state index is 12.4. The van der Waals surface area contributed by atoms with E-state index in [-0.39, 0.29) is 11.8 Å². The van der Waals surface area contributed by atoms with E-state index < -0.39 is 6.04 Å². The number of hydrogen-bond acceptors (Lipinski definition) is 3. The fourth-order valence-electron chi connectivity index (χ4n) is 2.33. The summed E-state index contributed by atoms with van der Waals surface area (Å²) in [5.41, 5.74) is 2.85. The monoisotopic (exact) mass is 389 g/mol. The summed E-state index contributed by atoms with van der Waals surface area (Å²) in [7, 11) is 3.31. The second kappa shape index (κ2) is 7.57. The molecule has 2 aromatic rings. The Labute approximate surface area is 150 Å². The van der Waals surface area contributed by atoms with Gasteiger partial charge in [0.1, 0.15) is 6.04 Å². The van der Waals surface area contributed by atoms with E-state index in [1.54, 1.807) is 34.0 Å². The van der Waals surface area contributed by atoms with Crippen molar-refractivity contribution in [2.45, 2.75) is 19.9 Å². The van der Waals surface area contributed by atoms with E-state index in [0.717, 1.165) is 15.7 Å². The number of nitrogens with zero attached hydrogens (tertiary/aromatic N) is 2. The van der Waals surface area contributed by atoms with Gasteiger partial charge in [0, 0.05) is 24.1 Å². The lowest BCUT2D eigenvalue weighted by Crippen LogP contribution is -2.44. The van der Waals surface area contributed by atoms with E-state index in [0.29, 0.717) is 11.3 Å². The number of aryl methyl sites for hydroxylation is 1. The van der Waals surface area contributed by atoms with Crippen molar-refractivity contribution in [2.75, 3.05) is 14.1 Å². The van der Waals surface area contributed by atoms with Crippen LogP contribution in [0.25, 0.3) is 11.3 Å². The van der Waals surface area contributed by atoms with Crippen LogP contribution in [-0.2, 0) is 4.79 Å². The van der Waals surface area contributed by atoms with Gasteiger partial charge >= 0.3 is 0 Å². The molecule has 0 spiro atoms. The molecule has 126 valence electrons. The third-order valence-electron chi connectivity index (χ3n) is 3.61. The number of aromatic nitrogens is 1. The van der Waals surface area contributed by atoms with Crippen LogP contribution in [0, 0.1) is 6.92 Å². The van der Waals surface area contributed by atoms with E-state index in [4.69, 9.17) is 0 Å². The molecule has 0 saturated heterocycles. The van der Waals surface area contributed by atoms with Gasteiger partial charge in [-0.15, -0.1) is 0 Å². The lowest BCUT2D eigenvalue weighted by atomic mass is 10.1. The summed E-state index contributed by atoms with van der Waals surface area (Å²) in [6.07, 6.45) is 0. The van der Waals surface area contributed by atoms with Crippen LogP contribution >= 0.6 is 15.9 Å². The van der Waals surface area contributed by atoms with Gasteiger partial charge in [-0.25, -0.2) is 0 Å². The molecule has 24 heavy (non-hydrogen) atoms. The minimum Gasteiger partial charge on any atom is -0.347 e. The molecule has 2 amide bonds. The standard InChI is InChI=1S/C18H20BrN3O2/c1-11-15(17(23)21-12(2)18(24)22(3)4)8-9-16(20-11)13-6-5-7-14(19)10-13/h5-10,12H,1-4H3,(H,21,23). The fraction of sp³-hybridized carbons (Fsp3) is 0.278. The molecule has 0 aliphatic rings. The Morgan fingerprint density at radius 3 is 2.50 bits per heavy atom. The van der Waals surface area contributed by atoms with Gasteiger partial charge in [-0.2, -0.15) is 0 Å². The Morgan fingerprint density at radius 2 is 1.92 bits per heavy atom. The Bertz CT molecular complexity index is 775. The van der Waals surface area contributed by atoms with E-state index in [1.807, 2.05) is 30.3 Å². The van der Waals surface area contributed by atoms with Crippen molar-refractivity contribution in [3.05, 3.63) is 52.1 Å². The lowest BCUT2D eigenvalue weighted by Gasteiger charge is -2.18. The van der Waals surface area contributed by atoms with Crippen LogP contribution in [0.1, 0.15) is 23.0 Å². The Morgan fingerprint density at radius 1 is 1.21 bits per heavy atom. The van der Waals surface area contributed by atoms with E-state index in [1.165, 1.54) is 4.90 Å². The van der Waals surface area contributed by atoms with Gasteiger partial charge in [-0.3, -0.25) is 14.6 Å². The summed E-state index contributed by atoms with van der Waals surface area (Å²) in [4.78, 5) is 30.2. The normalized spacial score (nSPS) is 11.7. The molecule has 0 fully saturated rings. The van der Waals surface area contributed by atoms with Crippen molar-refractivity contribution >= 4 is 27.7 Å². The van der Waals surface area contributed by atoms with Crippen LogP contribution < -0.4 is 5.32 Å². The van der Waals surface area contributed by atoms with Crippen LogP contribution in [0.3, 0.4) is 0 Å². The van der Waals surface area contributed by atoms with Crippen LogP contribution in [0.4, 0.5) is 0 Å². The first-order chi connectivity index (χ1) is 11.3. The number of rotatable bonds is 4. The van der Waals surface area contributed by atoms with Gasteiger partial charge in [0.05, 0.1) is 17.0 Å². The highest BCUT2D eigenvalue weighted by molar-refractivity contribution is 9.10. The summed E-state index contributed by atoms with van der Waals surface area (Å²) in [5.74, 6) is -0.455. The largest absolute Gasteiger partial charge is 0.347 e. The summed E-state index contributed by atoms with van der Waals surface area (Å²) < 4.78 is 0.970. The number of hydrogen-bond donors (Lipinski definition) is 1. The maximum Gasteiger partial charge on any atom is 0.253 e. The summed E-state index contributed by atoms with van der Waals surface area (Å²) in [5, 5.41) is 2.71. The quantitative estimate of drug-likeness (QED) is 0.873. The van der Waals surface area contributed by atoms with Gasteiger partial charge in [-0.1, -0.05) is 28.1 Å². The van der Waals surface area contributed by atoms with Crippen molar-refractivity contribution in [1.82, 2.24) is 15.2 Å². The van der Waals surface area contributed by atoms with Crippen molar-refractivity contribution in [3.63, 3.8) is 0 Å². The molecule has 1 heterocycles. The lowest BCUT2D eigenvalue weighted by molar-refractivity contribution is -0.130. The minimum absolute atomic E-state index is 0.153. The van der Waals surface area contributed by atoms with Crippen molar-refractivity contribution < 1.29 is 9.59 Å². The second-order valence-corrected chi connectivity index (χ2v) is 6.68. The third kappa shape index (κ3) is 4.20. The summed E-state index contributed by atoms with van der Waals surface area (Å²) >= 11 is 3.44. The average molecular weight is 390 g/mol. The van der Waals surface area contributed by atoms with Crippen LogP contribution in [0.2, 0.25) is 0 Å². The third-order valence-corrected chi connectivity index (χ3v) is 4.10. The Hall–Kier alpha value is -2.21. The summed E-state index contributed by atoms with van der Waals surface area (Å²) in [6, 6.07) is 10.8. The molecule has 1 atom stereocenters. The number of nitrogens with one attached hydrogen (secondary N) is 1. The number of carbonyl (C=O) groups excluding carboxylic acids is 2. The topological polar surface area (TPSA) is 62.3 Å². The molecule has 0 saturated carbocycles. The second-order valence-electron chi connectivity index (χ2n) is 5.77. The van der Waals surface area contributed by atoms with E-state index >= 15 is 0 Å². The highest BCUT2D eigenvalue weighted by atomic mass is 79.9. The highest BCUT2D eigenvalue weighted by Crippen LogP contribution is 2.22. The number of carbonyl (C=O) groups is 2. The zero-order valence-electron chi connectivity index (χ0n) is 14.1. The molecule has 1 aromatic heterocycles. The molecular formula is C18H20BrN3O2. The predicted molar refractivity (Wildman–Crippen MR) is 97.7 cm³/mol. The molecule has 1 unspecified atom stereocenters. The zero-order valence-corrected chi connectivity index (χ0v) is 15.7. The van der Waals surface area contributed by atoms with Crippen molar-refractivity contribution in [2.24, 2.45) is 0 Å². The smallest absolute Gasteiger partial charge is 0.253 e. The van der Waals surface area contributed by atoms with E-state index in [9.17, 15) is 9.59 Å². The maximum atomic E-state index is 12.4. The molecule has 5 nitrogen and oxygen atoms in total. The van der Waals surface area contributed by atoms with Crippen LogP contribution in [-0.4, -0.2) is 41.8 Å². The van der Waals surface area contributed by atoms with Crippen LogP contribution in [0.15, 0.2) is 40.9 Å². The van der Waals surface area contributed by atoms with Gasteiger partial charge in [0.2, 0.25) is 5.91 Å². The average Bonchev–Trinajstić information content (AvgIpc) is 2.53. The molecule has 2 rings (SSSR count). The number of pyridine rings is 1. The number of halogens is 1. The van der Waals surface area contributed by atoms with Crippen molar-refractivity contribution in [1.29, 1.82) is 0 Å². The van der Waals surface area contributed by atoms with Gasteiger partial charge in [0.25, 0.3) is 5.91 Å². The SMILES string of the molecule is Cc1nc(-c2cccc(Br)c2)ccc1C(=O)NC(C)C(=O)N(C)C. The molecule has 0 bridgehead atoms. The molecule has 1 N–H and O–H groups in total. The number of amides is 2. The Kier molecular flexibility index (Phi) is 5.72. The molecular weight excluding hydrogens is 370 g/mol. The van der Waals surface area contributed by atoms with Gasteiger partial charge < -0.3 is 10.2 Å². The van der Waals surface area contributed by atoms with Crippen LogP contribution in [0.5, 0.6) is 0 Å². The molecule has 6 heteroatoms. The molecule has 0 aliphatic heterocycles. The fourth-order valence-corrected chi connectivity index (χ4v) is 2.73. The zero-order chi connectivity index (χ0) is 17.9.